The van der Waals surface area contributed by atoms with Crippen LogP contribution in [0.3, 0.4) is 0 Å². The summed E-state index contributed by atoms with van der Waals surface area (Å²) in [4.78, 5) is 6.16. The third-order valence-corrected chi connectivity index (χ3v) is 9.41. The molecule has 2 aliphatic carbocycles. The highest BCUT2D eigenvalue weighted by molar-refractivity contribution is 5.86. The molecule has 0 radical (unpaired) electrons. The smallest absolute Gasteiger partial charge is 0.166 e. The van der Waals surface area contributed by atoms with Crippen molar-refractivity contribution < 1.29 is 14.9 Å². The van der Waals surface area contributed by atoms with Gasteiger partial charge in [0.05, 0.1) is 16.7 Å². The number of aromatic amines is 1. The number of hydrogen-bond donors (Lipinski definition) is 3. The minimum Gasteiger partial charge on any atom is -0.504 e. The summed E-state index contributed by atoms with van der Waals surface area (Å²) in [5.41, 5.74) is 5.36. The van der Waals surface area contributed by atoms with Gasteiger partial charge in [-0.1, -0.05) is 54.6 Å². The molecule has 1 fully saturated rings. The van der Waals surface area contributed by atoms with Crippen LogP contribution in [0.2, 0.25) is 0 Å². The molecule has 2 aliphatic heterocycles. The van der Waals surface area contributed by atoms with Crippen molar-refractivity contribution in [2.75, 3.05) is 13.1 Å². The van der Waals surface area contributed by atoms with Crippen molar-refractivity contribution >= 4 is 23.3 Å². The Morgan fingerprint density at radius 1 is 1.03 bits per heavy atom. The monoisotopic (exact) mass is 500 g/mol. The first-order valence-electron chi connectivity index (χ1n) is 12.7. The predicted octanol–water partition coefficient (Wildman–Crippen LogP) is 4.83. The number of phenolic OH excluding ortho intramolecular Hbond substituents is 1. The summed E-state index contributed by atoms with van der Waals surface area (Å²) < 4.78 is 6.64. The average Bonchev–Trinajstić information content (AvgIpc) is 3.41. The van der Waals surface area contributed by atoms with Crippen molar-refractivity contribution in [3.05, 3.63) is 94.7 Å². The number of H-pyrrole nitrogens is 1. The number of nitrogens with zero attached hydrogens (tertiary/aromatic N) is 1. The van der Waals surface area contributed by atoms with Crippen LogP contribution in [0.4, 0.5) is 0 Å². The first-order chi connectivity index (χ1) is 17.1. The van der Waals surface area contributed by atoms with E-state index >= 15 is 0 Å². The summed E-state index contributed by atoms with van der Waals surface area (Å²) in [6.45, 7) is 1.82. The number of aliphatic hydroxyl groups is 1. The molecule has 0 saturated carbocycles. The lowest BCUT2D eigenvalue weighted by Gasteiger charge is -2.62. The lowest BCUT2D eigenvalue weighted by molar-refractivity contribution is -0.172. The summed E-state index contributed by atoms with van der Waals surface area (Å²) in [5.74, 6) is 0.756. The number of rotatable bonds is 3. The lowest BCUT2D eigenvalue weighted by atomic mass is 9.49. The molecule has 3 aromatic carbocycles. The zero-order chi connectivity index (χ0) is 23.4. The van der Waals surface area contributed by atoms with Crippen molar-refractivity contribution in [2.45, 2.75) is 48.8 Å². The van der Waals surface area contributed by atoms with E-state index in [0.29, 0.717) is 12.2 Å². The van der Waals surface area contributed by atoms with E-state index in [1.54, 1.807) is 6.07 Å². The number of piperidine rings is 1. The van der Waals surface area contributed by atoms with Gasteiger partial charge in [-0.3, -0.25) is 4.90 Å². The van der Waals surface area contributed by atoms with Crippen molar-refractivity contribution in [3.8, 4) is 11.5 Å². The fraction of sp³-hybridized carbons (Fsp3) is 0.333. The standard InChI is InChI=1S/C30H28N2O3.ClH/c33-23-11-10-19-16-24-30(34)17-21-20-8-4-5-9-22(20)31-26(21)28-29(30,25(19)27(23)35-28)13-15-32(24)14-12-18-6-2-1-3-7-18;/h1-11,24,28,31,33-34H,12-17H2;1H/t24-,28+,29+,30-;/m1./s1. The molecule has 8 rings (SSSR count). The molecule has 2 bridgehead atoms. The molecule has 1 saturated heterocycles. The van der Waals surface area contributed by atoms with Crippen molar-refractivity contribution in [1.82, 2.24) is 9.88 Å². The summed E-state index contributed by atoms with van der Waals surface area (Å²) in [6, 6.07) is 22.8. The molecule has 0 unspecified atom stereocenters. The Balaban J connectivity index is 0.00000220. The minimum atomic E-state index is -0.976. The molecule has 3 N–H and O–H groups in total. The maximum absolute atomic E-state index is 12.9. The number of nitrogens with one attached hydrogen (secondary N) is 1. The van der Waals surface area contributed by atoms with Gasteiger partial charge in [-0.05, 0) is 54.6 Å². The largest absolute Gasteiger partial charge is 0.504 e. The number of halogens is 1. The molecule has 0 amide bonds. The molecule has 5 nitrogen and oxygen atoms in total. The second-order valence-corrected chi connectivity index (χ2v) is 10.8. The van der Waals surface area contributed by atoms with Gasteiger partial charge in [-0.2, -0.15) is 0 Å². The van der Waals surface area contributed by atoms with E-state index < -0.39 is 11.0 Å². The first-order valence-corrected chi connectivity index (χ1v) is 12.7. The van der Waals surface area contributed by atoms with Crippen molar-refractivity contribution in [1.29, 1.82) is 0 Å². The number of para-hydroxylation sites is 1. The lowest BCUT2D eigenvalue weighted by Crippen LogP contribution is -2.74. The second kappa shape index (κ2) is 7.51. The highest BCUT2D eigenvalue weighted by Gasteiger charge is 2.72. The van der Waals surface area contributed by atoms with Crippen LogP contribution >= 0.6 is 12.4 Å². The quantitative estimate of drug-likeness (QED) is 0.377. The van der Waals surface area contributed by atoms with E-state index in [1.807, 2.05) is 6.07 Å². The Bertz CT molecular complexity index is 1500. The van der Waals surface area contributed by atoms with E-state index in [1.165, 1.54) is 11.1 Å². The molecular weight excluding hydrogens is 472 g/mol. The summed E-state index contributed by atoms with van der Waals surface area (Å²) >= 11 is 0. The number of aromatic nitrogens is 1. The van der Waals surface area contributed by atoms with Gasteiger partial charge in [-0.25, -0.2) is 0 Å². The van der Waals surface area contributed by atoms with Crippen LogP contribution in [0.15, 0.2) is 66.7 Å². The highest BCUT2D eigenvalue weighted by Crippen LogP contribution is 2.68. The molecule has 1 spiro atoms. The number of aromatic hydroxyl groups is 1. The van der Waals surface area contributed by atoms with Crippen LogP contribution in [0, 0.1) is 0 Å². The van der Waals surface area contributed by atoms with Gasteiger partial charge in [0.1, 0.15) is 0 Å². The summed E-state index contributed by atoms with van der Waals surface area (Å²) in [7, 11) is 0. The fourth-order valence-corrected chi connectivity index (χ4v) is 7.91. The van der Waals surface area contributed by atoms with Crippen LogP contribution in [-0.2, 0) is 24.7 Å². The Morgan fingerprint density at radius 3 is 2.69 bits per heavy atom. The van der Waals surface area contributed by atoms with Gasteiger partial charge in [0.15, 0.2) is 17.6 Å². The Morgan fingerprint density at radius 2 is 1.83 bits per heavy atom. The van der Waals surface area contributed by atoms with Gasteiger partial charge >= 0.3 is 0 Å². The zero-order valence-corrected chi connectivity index (χ0v) is 20.7. The second-order valence-electron chi connectivity index (χ2n) is 10.8. The van der Waals surface area contributed by atoms with Crippen LogP contribution in [-0.4, -0.2) is 44.8 Å². The van der Waals surface area contributed by atoms with Gasteiger partial charge in [0, 0.05) is 35.5 Å². The first kappa shape index (κ1) is 22.2. The topological polar surface area (TPSA) is 68.7 Å². The molecule has 36 heavy (non-hydrogen) atoms. The third kappa shape index (κ3) is 2.58. The van der Waals surface area contributed by atoms with Crippen LogP contribution in [0.5, 0.6) is 11.5 Å². The Kier molecular flexibility index (Phi) is 4.64. The zero-order valence-electron chi connectivity index (χ0n) is 19.9. The number of fused-ring (bicyclic) bond motifs is 4. The predicted molar refractivity (Wildman–Crippen MR) is 141 cm³/mol. The van der Waals surface area contributed by atoms with E-state index in [4.69, 9.17) is 4.74 Å². The average molecular weight is 501 g/mol. The Labute approximate surface area is 216 Å². The molecule has 6 heteroatoms. The molecule has 4 atom stereocenters. The van der Waals surface area contributed by atoms with Crippen molar-refractivity contribution in [3.63, 3.8) is 0 Å². The number of phenols is 1. The molecule has 184 valence electrons. The van der Waals surface area contributed by atoms with Crippen LogP contribution in [0.1, 0.15) is 40.5 Å². The number of likely N-dealkylation sites (tertiary alicyclic amines) is 1. The van der Waals surface area contributed by atoms with E-state index in [-0.39, 0.29) is 30.3 Å². The van der Waals surface area contributed by atoms with E-state index in [2.05, 4.69) is 64.5 Å². The normalized spacial score (nSPS) is 29.2. The number of benzene rings is 3. The Hall–Kier alpha value is -2.99. The van der Waals surface area contributed by atoms with E-state index in [9.17, 15) is 10.2 Å². The molecule has 4 aromatic rings. The van der Waals surface area contributed by atoms with Gasteiger partial charge in [0.25, 0.3) is 0 Å². The summed E-state index contributed by atoms with van der Waals surface area (Å²) in [5, 5.41) is 24.9. The van der Waals surface area contributed by atoms with Gasteiger partial charge < -0.3 is 19.9 Å². The maximum atomic E-state index is 12.9. The summed E-state index contributed by atoms with van der Waals surface area (Å²) in [6.07, 6.45) is 2.80. The molecule has 4 aliphatic rings. The number of hydrogen-bond acceptors (Lipinski definition) is 4. The van der Waals surface area contributed by atoms with Gasteiger partial charge in [0.2, 0.25) is 0 Å². The van der Waals surface area contributed by atoms with E-state index in [0.717, 1.165) is 60.1 Å². The highest BCUT2D eigenvalue weighted by atomic mass is 35.5. The SMILES string of the molecule is Cl.Oc1ccc2c3c1O[C@H]1c4[nH]c5ccccc5c4C[C@@]4(O)[C@@H](C2)N(CCc2ccccc2)CC[C@]314. The molecule has 3 heterocycles. The third-order valence-electron chi connectivity index (χ3n) is 9.41. The van der Waals surface area contributed by atoms with Crippen LogP contribution in [0.25, 0.3) is 10.9 Å². The fourth-order valence-electron chi connectivity index (χ4n) is 7.91. The number of ether oxygens (including phenoxy) is 1. The molecule has 1 aromatic heterocycles. The maximum Gasteiger partial charge on any atom is 0.166 e. The van der Waals surface area contributed by atoms with Crippen LogP contribution < -0.4 is 4.74 Å². The van der Waals surface area contributed by atoms with Gasteiger partial charge in [-0.15, -0.1) is 12.4 Å². The molecular formula is C30H29ClN2O3. The van der Waals surface area contributed by atoms with Crippen molar-refractivity contribution in [2.24, 2.45) is 0 Å². The minimum absolute atomic E-state index is 0.